The molecular weight excluding hydrogens is 395 g/mol. The maximum absolute atomic E-state index is 12.0. The molecule has 0 radical (unpaired) electrons. The van der Waals surface area contributed by atoms with Crippen LogP contribution in [0, 0.1) is 3.57 Å². The first-order valence-electron chi connectivity index (χ1n) is 6.68. The SMILES string of the molecule is O=C(NCCNC(=O)c1ccccc1I)c1ccccc1O. The Bertz CT molecular complexity index is 629. The summed E-state index contributed by atoms with van der Waals surface area (Å²) in [6.07, 6.45) is 0. The lowest BCUT2D eigenvalue weighted by atomic mass is 10.2. The fourth-order valence-electron chi connectivity index (χ4n) is 1.85. The molecule has 0 saturated heterocycles. The fraction of sp³-hybridized carbons (Fsp3) is 0.125. The van der Waals surface area contributed by atoms with Crippen molar-refractivity contribution in [3.63, 3.8) is 0 Å². The van der Waals surface area contributed by atoms with Gasteiger partial charge >= 0.3 is 0 Å². The number of amides is 2. The molecule has 2 rings (SSSR count). The number of phenols is 1. The van der Waals surface area contributed by atoms with Crippen LogP contribution in [0.5, 0.6) is 5.75 Å². The van der Waals surface area contributed by atoms with Crippen molar-refractivity contribution in [2.24, 2.45) is 0 Å². The summed E-state index contributed by atoms with van der Waals surface area (Å²) in [6, 6.07) is 13.6. The molecule has 0 fully saturated rings. The van der Waals surface area contributed by atoms with Gasteiger partial charge in [-0.3, -0.25) is 9.59 Å². The van der Waals surface area contributed by atoms with E-state index in [1.165, 1.54) is 12.1 Å². The third-order valence-electron chi connectivity index (χ3n) is 2.96. The van der Waals surface area contributed by atoms with Crippen molar-refractivity contribution in [1.29, 1.82) is 0 Å². The van der Waals surface area contributed by atoms with Gasteiger partial charge in [-0.05, 0) is 46.9 Å². The number of hydrogen-bond donors (Lipinski definition) is 3. The average Bonchev–Trinajstić information content (AvgIpc) is 2.52. The predicted molar refractivity (Wildman–Crippen MR) is 91.9 cm³/mol. The van der Waals surface area contributed by atoms with Gasteiger partial charge in [0.1, 0.15) is 5.75 Å². The van der Waals surface area contributed by atoms with Crippen LogP contribution in [0.3, 0.4) is 0 Å². The lowest BCUT2D eigenvalue weighted by molar-refractivity contribution is 0.0925. The monoisotopic (exact) mass is 410 g/mol. The maximum atomic E-state index is 12.0. The van der Waals surface area contributed by atoms with Crippen LogP contribution >= 0.6 is 22.6 Å². The zero-order chi connectivity index (χ0) is 15.9. The number of hydrogen-bond acceptors (Lipinski definition) is 3. The summed E-state index contributed by atoms with van der Waals surface area (Å²) in [5, 5.41) is 15.0. The number of nitrogens with one attached hydrogen (secondary N) is 2. The quantitative estimate of drug-likeness (QED) is 0.522. The third-order valence-corrected chi connectivity index (χ3v) is 3.90. The Morgan fingerprint density at radius 1 is 0.864 bits per heavy atom. The van der Waals surface area contributed by atoms with E-state index < -0.39 is 0 Å². The number of carbonyl (C=O) groups excluding carboxylic acids is 2. The highest BCUT2D eigenvalue weighted by Gasteiger charge is 2.10. The van der Waals surface area contributed by atoms with Crippen LogP contribution in [0.1, 0.15) is 20.7 Å². The average molecular weight is 410 g/mol. The van der Waals surface area contributed by atoms with Gasteiger partial charge in [0.05, 0.1) is 11.1 Å². The first-order valence-corrected chi connectivity index (χ1v) is 7.76. The molecule has 0 bridgehead atoms. The van der Waals surface area contributed by atoms with Crippen molar-refractivity contribution in [3.8, 4) is 5.75 Å². The molecule has 0 spiro atoms. The highest BCUT2D eigenvalue weighted by atomic mass is 127. The lowest BCUT2D eigenvalue weighted by Gasteiger charge is -2.09. The molecule has 6 heteroatoms. The van der Waals surface area contributed by atoms with Crippen LogP contribution in [0.15, 0.2) is 48.5 Å². The van der Waals surface area contributed by atoms with E-state index in [9.17, 15) is 14.7 Å². The molecule has 2 aromatic rings. The number of halogens is 1. The number of benzene rings is 2. The van der Waals surface area contributed by atoms with E-state index in [0.29, 0.717) is 12.1 Å². The molecule has 5 nitrogen and oxygen atoms in total. The summed E-state index contributed by atoms with van der Waals surface area (Å²) in [6.45, 7) is 0.589. The summed E-state index contributed by atoms with van der Waals surface area (Å²) >= 11 is 2.10. The smallest absolute Gasteiger partial charge is 0.255 e. The van der Waals surface area contributed by atoms with Crippen LogP contribution in [-0.4, -0.2) is 30.0 Å². The molecule has 3 N–H and O–H groups in total. The normalized spacial score (nSPS) is 10.0. The van der Waals surface area contributed by atoms with Crippen molar-refractivity contribution in [3.05, 3.63) is 63.2 Å². The lowest BCUT2D eigenvalue weighted by Crippen LogP contribution is -2.35. The summed E-state index contributed by atoms with van der Waals surface area (Å²) in [5.41, 5.74) is 0.821. The maximum Gasteiger partial charge on any atom is 0.255 e. The highest BCUT2D eigenvalue weighted by Crippen LogP contribution is 2.14. The van der Waals surface area contributed by atoms with Gasteiger partial charge < -0.3 is 15.7 Å². The van der Waals surface area contributed by atoms with Crippen LogP contribution < -0.4 is 10.6 Å². The number of phenolic OH excluding ortho intramolecular Hbond substituents is 1. The Kier molecular flexibility index (Phi) is 5.76. The first kappa shape index (κ1) is 16.3. The Hall–Kier alpha value is -2.09. The van der Waals surface area contributed by atoms with Crippen molar-refractivity contribution >= 4 is 34.4 Å². The first-order chi connectivity index (χ1) is 10.6. The summed E-state index contributed by atoms with van der Waals surface area (Å²) in [7, 11) is 0. The van der Waals surface area contributed by atoms with Gasteiger partial charge in [-0.2, -0.15) is 0 Å². The van der Waals surface area contributed by atoms with Gasteiger partial charge in [0, 0.05) is 16.7 Å². The van der Waals surface area contributed by atoms with E-state index in [-0.39, 0.29) is 29.7 Å². The van der Waals surface area contributed by atoms with Gasteiger partial charge in [0.15, 0.2) is 0 Å². The second kappa shape index (κ2) is 7.79. The largest absolute Gasteiger partial charge is 0.507 e. The van der Waals surface area contributed by atoms with Crippen molar-refractivity contribution < 1.29 is 14.7 Å². The highest BCUT2D eigenvalue weighted by molar-refractivity contribution is 14.1. The van der Waals surface area contributed by atoms with Gasteiger partial charge in [-0.25, -0.2) is 0 Å². The predicted octanol–water partition coefficient (Wildman–Crippen LogP) is 2.16. The van der Waals surface area contributed by atoms with Gasteiger partial charge in [-0.15, -0.1) is 0 Å². The molecule has 2 aromatic carbocycles. The fourth-order valence-corrected chi connectivity index (χ4v) is 2.49. The molecule has 0 atom stereocenters. The molecule has 0 aromatic heterocycles. The number of carbonyl (C=O) groups is 2. The summed E-state index contributed by atoms with van der Waals surface area (Å²) < 4.78 is 0.871. The van der Waals surface area contributed by atoms with Crippen LogP contribution in [0.25, 0.3) is 0 Å². The number of aromatic hydroxyl groups is 1. The minimum absolute atomic E-state index is 0.0668. The van der Waals surface area contributed by atoms with Crippen molar-refractivity contribution in [1.82, 2.24) is 10.6 Å². The molecule has 0 heterocycles. The molecule has 2 amide bonds. The molecule has 22 heavy (non-hydrogen) atoms. The van der Waals surface area contributed by atoms with Crippen LogP contribution in [0.4, 0.5) is 0 Å². The van der Waals surface area contributed by atoms with Crippen molar-refractivity contribution in [2.75, 3.05) is 13.1 Å². The van der Waals surface area contributed by atoms with E-state index in [1.54, 1.807) is 24.3 Å². The molecule has 0 aliphatic heterocycles. The molecule has 0 unspecified atom stereocenters. The summed E-state index contributed by atoms with van der Waals surface area (Å²) in [4.78, 5) is 23.8. The molecule has 0 aliphatic rings. The number of para-hydroxylation sites is 1. The Morgan fingerprint density at radius 2 is 1.36 bits per heavy atom. The van der Waals surface area contributed by atoms with Crippen molar-refractivity contribution in [2.45, 2.75) is 0 Å². The molecular formula is C16H15IN2O3. The molecule has 0 aliphatic carbocycles. The van der Waals surface area contributed by atoms with E-state index in [1.807, 2.05) is 12.1 Å². The molecule has 114 valence electrons. The summed E-state index contributed by atoms with van der Waals surface area (Å²) in [5.74, 6) is -0.619. The standard InChI is InChI=1S/C16H15IN2O3/c17-13-7-3-1-5-11(13)15(21)18-9-10-19-16(22)12-6-2-4-8-14(12)20/h1-8,20H,9-10H2,(H,18,21)(H,19,22). The second-order valence-electron chi connectivity index (χ2n) is 4.51. The topological polar surface area (TPSA) is 78.4 Å². The van der Waals surface area contributed by atoms with E-state index >= 15 is 0 Å². The zero-order valence-electron chi connectivity index (χ0n) is 11.7. The van der Waals surface area contributed by atoms with E-state index in [0.717, 1.165) is 3.57 Å². The van der Waals surface area contributed by atoms with E-state index in [2.05, 4.69) is 33.2 Å². The van der Waals surface area contributed by atoms with Crippen LogP contribution in [0.2, 0.25) is 0 Å². The third kappa shape index (κ3) is 4.20. The number of rotatable bonds is 5. The molecule has 0 saturated carbocycles. The zero-order valence-corrected chi connectivity index (χ0v) is 13.8. The van der Waals surface area contributed by atoms with Crippen LogP contribution in [-0.2, 0) is 0 Å². The van der Waals surface area contributed by atoms with E-state index in [4.69, 9.17) is 0 Å². The Labute approximate surface area is 141 Å². The van der Waals surface area contributed by atoms with Gasteiger partial charge in [0.25, 0.3) is 11.8 Å². The Balaban J connectivity index is 1.80. The minimum atomic E-state index is -0.373. The van der Waals surface area contributed by atoms with Gasteiger partial charge in [0.2, 0.25) is 0 Å². The second-order valence-corrected chi connectivity index (χ2v) is 5.67. The Morgan fingerprint density at radius 3 is 1.95 bits per heavy atom. The minimum Gasteiger partial charge on any atom is -0.507 e. The van der Waals surface area contributed by atoms with Gasteiger partial charge in [-0.1, -0.05) is 24.3 Å².